The van der Waals surface area contributed by atoms with Crippen molar-refractivity contribution >= 4 is 27.5 Å². The van der Waals surface area contributed by atoms with E-state index in [-0.39, 0.29) is 11.5 Å². The monoisotopic (exact) mass is 293 g/mol. The smallest absolute Gasteiger partial charge is 0.262 e. The maximum atomic E-state index is 12.3. The number of aryl methyl sites for hydroxylation is 2. The van der Waals surface area contributed by atoms with E-state index in [4.69, 9.17) is 0 Å². The minimum absolute atomic E-state index is 0.0934. The van der Waals surface area contributed by atoms with E-state index in [1.54, 1.807) is 14.0 Å². The van der Waals surface area contributed by atoms with E-state index < -0.39 is 0 Å². The standard InChI is InChI=1S/C14H19N3O2S/c1-7(2)6-15-12(18)11-8(3)10-13(20-11)16-9(4)17(5)14(10)19/h7H,6H2,1-5H3,(H,15,18). The molecule has 20 heavy (non-hydrogen) atoms. The van der Waals surface area contributed by atoms with Crippen LogP contribution in [0.1, 0.15) is 34.9 Å². The Bertz CT molecular complexity index is 728. The zero-order chi connectivity index (χ0) is 15.0. The third-order valence-corrected chi connectivity index (χ3v) is 4.46. The second-order valence-electron chi connectivity index (χ2n) is 5.36. The first-order valence-corrected chi connectivity index (χ1v) is 7.39. The van der Waals surface area contributed by atoms with Crippen molar-refractivity contribution in [3.8, 4) is 0 Å². The lowest BCUT2D eigenvalue weighted by atomic mass is 10.2. The number of carbonyl (C=O) groups excluding carboxylic acids is 1. The number of rotatable bonds is 3. The third kappa shape index (κ3) is 2.47. The highest BCUT2D eigenvalue weighted by Gasteiger charge is 2.19. The summed E-state index contributed by atoms with van der Waals surface area (Å²) in [5, 5.41) is 3.44. The number of nitrogens with zero attached hydrogens (tertiary/aromatic N) is 2. The number of fused-ring (bicyclic) bond motifs is 1. The summed E-state index contributed by atoms with van der Waals surface area (Å²) in [5.41, 5.74) is 0.628. The van der Waals surface area contributed by atoms with Gasteiger partial charge in [0.05, 0.1) is 10.3 Å². The Balaban J connectivity index is 2.52. The van der Waals surface area contributed by atoms with Gasteiger partial charge in [-0.1, -0.05) is 13.8 Å². The van der Waals surface area contributed by atoms with Gasteiger partial charge in [-0.2, -0.15) is 0 Å². The molecule has 0 aliphatic rings. The summed E-state index contributed by atoms with van der Waals surface area (Å²) < 4.78 is 1.51. The molecule has 0 aliphatic carbocycles. The van der Waals surface area contributed by atoms with Crippen LogP contribution in [-0.2, 0) is 7.05 Å². The van der Waals surface area contributed by atoms with Crippen LogP contribution in [0.4, 0.5) is 0 Å². The molecule has 0 saturated carbocycles. The van der Waals surface area contributed by atoms with Crippen LogP contribution in [0.5, 0.6) is 0 Å². The lowest BCUT2D eigenvalue weighted by molar-refractivity contribution is 0.0952. The highest BCUT2D eigenvalue weighted by molar-refractivity contribution is 7.20. The van der Waals surface area contributed by atoms with Crippen molar-refractivity contribution in [2.75, 3.05) is 6.54 Å². The number of hydrogen-bond acceptors (Lipinski definition) is 4. The Hall–Kier alpha value is -1.69. The van der Waals surface area contributed by atoms with E-state index in [9.17, 15) is 9.59 Å². The molecule has 0 aliphatic heterocycles. The van der Waals surface area contributed by atoms with Gasteiger partial charge in [0.1, 0.15) is 10.7 Å². The fraction of sp³-hybridized carbons (Fsp3) is 0.500. The maximum Gasteiger partial charge on any atom is 0.262 e. The molecule has 108 valence electrons. The van der Waals surface area contributed by atoms with Gasteiger partial charge in [-0.3, -0.25) is 14.2 Å². The molecule has 6 heteroatoms. The Labute approximate surface area is 121 Å². The first-order chi connectivity index (χ1) is 9.32. The van der Waals surface area contributed by atoms with Crippen LogP contribution in [0.2, 0.25) is 0 Å². The molecule has 0 saturated heterocycles. The molecule has 2 aromatic rings. The van der Waals surface area contributed by atoms with Gasteiger partial charge in [0.2, 0.25) is 0 Å². The molecule has 2 rings (SSSR count). The molecule has 0 atom stereocenters. The normalized spacial score (nSPS) is 11.3. The summed E-state index contributed by atoms with van der Waals surface area (Å²) in [5.74, 6) is 0.915. The van der Waals surface area contributed by atoms with Crippen molar-refractivity contribution < 1.29 is 4.79 Å². The molecule has 2 heterocycles. The Kier molecular flexibility index (Phi) is 3.94. The van der Waals surface area contributed by atoms with Gasteiger partial charge in [0.25, 0.3) is 11.5 Å². The summed E-state index contributed by atoms with van der Waals surface area (Å²) in [7, 11) is 1.69. The van der Waals surface area contributed by atoms with Gasteiger partial charge in [-0.15, -0.1) is 11.3 Å². The SMILES string of the molecule is Cc1c(C(=O)NCC(C)C)sc2nc(C)n(C)c(=O)c12. The van der Waals surface area contributed by atoms with Crippen LogP contribution in [0.25, 0.3) is 10.2 Å². The lowest BCUT2D eigenvalue weighted by Crippen LogP contribution is -2.27. The molecular formula is C14H19N3O2S. The molecule has 2 aromatic heterocycles. The average Bonchev–Trinajstić information content (AvgIpc) is 2.70. The number of amides is 1. The van der Waals surface area contributed by atoms with Gasteiger partial charge in [0.15, 0.2) is 0 Å². The topological polar surface area (TPSA) is 64.0 Å². The van der Waals surface area contributed by atoms with Crippen molar-refractivity contribution in [2.24, 2.45) is 13.0 Å². The van der Waals surface area contributed by atoms with Crippen LogP contribution in [0, 0.1) is 19.8 Å². The Morgan fingerprint density at radius 1 is 1.40 bits per heavy atom. The quantitative estimate of drug-likeness (QED) is 0.941. The van der Waals surface area contributed by atoms with E-state index in [1.807, 2.05) is 20.8 Å². The molecule has 5 nitrogen and oxygen atoms in total. The first kappa shape index (κ1) is 14.7. The molecule has 0 unspecified atom stereocenters. The van der Waals surface area contributed by atoms with Crippen LogP contribution < -0.4 is 10.9 Å². The van der Waals surface area contributed by atoms with Gasteiger partial charge < -0.3 is 5.32 Å². The number of hydrogen-bond donors (Lipinski definition) is 1. The average molecular weight is 293 g/mol. The Morgan fingerprint density at radius 3 is 2.65 bits per heavy atom. The van der Waals surface area contributed by atoms with E-state index in [2.05, 4.69) is 10.3 Å². The number of carbonyl (C=O) groups is 1. The minimum atomic E-state index is -0.126. The third-order valence-electron chi connectivity index (χ3n) is 3.27. The van der Waals surface area contributed by atoms with E-state index in [0.29, 0.717) is 33.4 Å². The van der Waals surface area contributed by atoms with E-state index in [0.717, 1.165) is 5.56 Å². The second-order valence-corrected chi connectivity index (χ2v) is 6.36. The van der Waals surface area contributed by atoms with Gasteiger partial charge >= 0.3 is 0 Å². The van der Waals surface area contributed by atoms with E-state index in [1.165, 1.54) is 15.9 Å². The van der Waals surface area contributed by atoms with Crippen molar-refractivity contribution in [3.05, 3.63) is 26.6 Å². The van der Waals surface area contributed by atoms with Crippen LogP contribution in [0.15, 0.2) is 4.79 Å². The summed E-state index contributed by atoms with van der Waals surface area (Å²) >= 11 is 1.28. The largest absolute Gasteiger partial charge is 0.351 e. The predicted molar refractivity (Wildman–Crippen MR) is 81.5 cm³/mol. The lowest BCUT2D eigenvalue weighted by Gasteiger charge is -2.06. The highest BCUT2D eigenvalue weighted by Crippen LogP contribution is 2.27. The van der Waals surface area contributed by atoms with Crippen molar-refractivity contribution in [1.29, 1.82) is 0 Å². The molecule has 0 spiro atoms. The molecule has 1 amide bonds. The van der Waals surface area contributed by atoms with Crippen molar-refractivity contribution in [3.63, 3.8) is 0 Å². The summed E-state index contributed by atoms with van der Waals surface area (Å²) in [6.07, 6.45) is 0. The summed E-state index contributed by atoms with van der Waals surface area (Å²) in [6, 6.07) is 0. The molecule has 0 aromatic carbocycles. The fourth-order valence-corrected chi connectivity index (χ4v) is 3.09. The summed E-state index contributed by atoms with van der Waals surface area (Å²) in [4.78, 5) is 30.1. The molecule has 0 bridgehead atoms. The van der Waals surface area contributed by atoms with Crippen LogP contribution in [-0.4, -0.2) is 22.0 Å². The second kappa shape index (κ2) is 5.36. The van der Waals surface area contributed by atoms with Crippen molar-refractivity contribution in [1.82, 2.24) is 14.9 Å². The van der Waals surface area contributed by atoms with E-state index >= 15 is 0 Å². The number of aromatic nitrogens is 2. The minimum Gasteiger partial charge on any atom is -0.351 e. The number of thiophene rings is 1. The zero-order valence-corrected chi connectivity index (χ0v) is 13.2. The highest BCUT2D eigenvalue weighted by atomic mass is 32.1. The molecule has 1 N–H and O–H groups in total. The first-order valence-electron chi connectivity index (χ1n) is 6.57. The molecule has 0 radical (unpaired) electrons. The predicted octanol–water partition coefficient (Wildman–Crippen LogP) is 2.00. The maximum absolute atomic E-state index is 12.3. The number of nitrogens with one attached hydrogen (secondary N) is 1. The van der Waals surface area contributed by atoms with Gasteiger partial charge in [-0.05, 0) is 25.3 Å². The van der Waals surface area contributed by atoms with Gasteiger partial charge in [-0.25, -0.2) is 4.98 Å². The Morgan fingerprint density at radius 2 is 2.05 bits per heavy atom. The zero-order valence-electron chi connectivity index (χ0n) is 12.4. The molecular weight excluding hydrogens is 274 g/mol. The van der Waals surface area contributed by atoms with Crippen molar-refractivity contribution in [2.45, 2.75) is 27.7 Å². The summed E-state index contributed by atoms with van der Waals surface area (Å²) in [6.45, 7) is 8.30. The van der Waals surface area contributed by atoms with Gasteiger partial charge in [0, 0.05) is 13.6 Å². The van der Waals surface area contributed by atoms with Crippen LogP contribution in [0.3, 0.4) is 0 Å². The molecule has 0 fully saturated rings. The fourth-order valence-electron chi connectivity index (χ4n) is 1.96. The van der Waals surface area contributed by atoms with Crippen LogP contribution >= 0.6 is 11.3 Å².